The molecule has 1 fully saturated rings. The molecule has 0 radical (unpaired) electrons. The number of benzene rings is 1. The molecule has 1 saturated carbocycles. The topological polar surface area (TPSA) is 30.5 Å². The van der Waals surface area contributed by atoms with Crippen molar-refractivity contribution in [2.24, 2.45) is 5.92 Å². The van der Waals surface area contributed by atoms with Crippen LogP contribution in [0.15, 0.2) is 24.3 Å². The van der Waals surface area contributed by atoms with Crippen molar-refractivity contribution in [2.75, 3.05) is 13.2 Å². The largest absolute Gasteiger partial charge is 0.486 e. The van der Waals surface area contributed by atoms with E-state index < -0.39 is 0 Å². The SMILES string of the molecule is CCNC(CC1CCCC1)C1COc2ccccc2O1. The molecule has 0 saturated heterocycles. The summed E-state index contributed by atoms with van der Waals surface area (Å²) < 4.78 is 12.0. The van der Waals surface area contributed by atoms with E-state index in [0.717, 1.165) is 24.0 Å². The number of rotatable bonds is 5. The Morgan fingerprint density at radius 3 is 2.70 bits per heavy atom. The van der Waals surface area contributed by atoms with Gasteiger partial charge in [0.1, 0.15) is 12.7 Å². The van der Waals surface area contributed by atoms with Crippen molar-refractivity contribution in [1.29, 1.82) is 0 Å². The van der Waals surface area contributed by atoms with Gasteiger partial charge in [0.2, 0.25) is 0 Å². The summed E-state index contributed by atoms with van der Waals surface area (Å²) in [5.74, 6) is 2.62. The Morgan fingerprint density at radius 2 is 1.95 bits per heavy atom. The predicted octanol–water partition coefficient (Wildman–Crippen LogP) is 3.38. The summed E-state index contributed by atoms with van der Waals surface area (Å²) in [6.45, 7) is 3.81. The zero-order valence-electron chi connectivity index (χ0n) is 12.3. The molecule has 2 atom stereocenters. The van der Waals surface area contributed by atoms with Crippen LogP contribution >= 0.6 is 0 Å². The Bertz CT molecular complexity index is 429. The fraction of sp³-hybridized carbons (Fsp3) is 0.647. The van der Waals surface area contributed by atoms with Gasteiger partial charge in [-0.2, -0.15) is 0 Å². The average Bonchev–Trinajstić information content (AvgIpc) is 2.99. The highest BCUT2D eigenvalue weighted by molar-refractivity contribution is 5.40. The van der Waals surface area contributed by atoms with Gasteiger partial charge in [0.25, 0.3) is 0 Å². The molecule has 0 spiro atoms. The highest BCUT2D eigenvalue weighted by Gasteiger charge is 2.31. The first-order valence-corrected chi connectivity index (χ1v) is 7.98. The van der Waals surface area contributed by atoms with Crippen molar-refractivity contribution in [2.45, 2.75) is 51.2 Å². The first-order valence-electron chi connectivity index (χ1n) is 7.98. The van der Waals surface area contributed by atoms with Crippen LogP contribution in [0.2, 0.25) is 0 Å². The van der Waals surface area contributed by atoms with Crippen LogP contribution in [0.4, 0.5) is 0 Å². The lowest BCUT2D eigenvalue weighted by Gasteiger charge is -2.33. The van der Waals surface area contributed by atoms with Crippen molar-refractivity contribution in [3.8, 4) is 11.5 Å². The van der Waals surface area contributed by atoms with E-state index in [-0.39, 0.29) is 6.10 Å². The Balaban J connectivity index is 1.65. The summed E-state index contributed by atoms with van der Waals surface area (Å²) in [5.41, 5.74) is 0. The Labute approximate surface area is 121 Å². The normalized spacial score (nSPS) is 23.8. The van der Waals surface area contributed by atoms with Gasteiger partial charge < -0.3 is 14.8 Å². The van der Waals surface area contributed by atoms with Crippen LogP contribution < -0.4 is 14.8 Å². The van der Waals surface area contributed by atoms with Crippen molar-refractivity contribution in [3.63, 3.8) is 0 Å². The molecule has 3 heteroatoms. The van der Waals surface area contributed by atoms with Gasteiger partial charge in [0, 0.05) is 6.04 Å². The third-order valence-corrected chi connectivity index (χ3v) is 4.51. The maximum atomic E-state index is 6.17. The van der Waals surface area contributed by atoms with Gasteiger partial charge in [-0.25, -0.2) is 0 Å². The lowest BCUT2D eigenvalue weighted by molar-refractivity contribution is 0.0552. The Morgan fingerprint density at radius 1 is 1.20 bits per heavy atom. The van der Waals surface area contributed by atoms with E-state index in [2.05, 4.69) is 12.2 Å². The van der Waals surface area contributed by atoms with E-state index in [1.54, 1.807) is 0 Å². The predicted molar refractivity (Wildman–Crippen MR) is 80.4 cm³/mol. The quantitative estimate of drug-likeness (QED) is 0.893. The molecule has 1 heterocycles. The zero-order valence-corrected chi connectivity index (χ0v) is 12.3. The summed E-state index contributed by atoms with van der Waals surface area (Å²) in [6.07, 6.45) is 6.90. The summed E-state index contributed by atoms with van der Waals surface area (Å²) in [7, 11) is 0. The Kier molecular flexibility index (Phi) is 4.46. The monoisotopic (exact) mass is 275 g/mol. The van der Waals surface area contributed by atoms with E-state index in [1.165, 1.54) is 32.1 Å². The molecule has 1 aromatic rings. The van der Waals surface area contributed by atoms with Gasteiger partial charge in [-0.3, -0.25) is 0 Å². The third-order valence-electron chi connectivity index (χ3n) is 4.51. The molecular weight excluding hydrogens is 250 g/mol. The van der Waals surface area contributed by atoms with Crippen LogP contribution in [0, 0.1) is 5.92 Å². The van der Waals surface area contributed by atoms with Crippen molar-refractivity contribution < 1.29 is 9.47 Å². The lowest BCUT2D eigenvalue weighted by Crippen LogP contribution is -2.48. The average molecular weight is 275 g/mol. The van der Waals surface area contributed by atoms with E-state index in [0.29, 0.717) is 12.6 Å². The van der Waals surface area contributed by atoms with E-state index in [9.17, 15) is 0 Å². The third kappa shape index (κ3) is 3.09. The number of para-hydroxylation sites is 2. The van der Waals surface area contributed by atoms with Gasteiger partial charge >= 0.3 is 0 Å². The van der Waals surface area contributed by atoms with Crippen LogP contribution in [0.1, 0.15) is 39.0 Å². The minimum absolute atomic E-state index is 0.130. The maximum absolute atomic E-state index is 6.17. The number of ether oxygens (including phenoxy) is 2. The van der Waals surface area contributed by atoms with Crippen LogP contribution in [0.25, 0.3) is 0 Å². The minimum atomic E-state index is 0.130. The summed E-state index contributed by atoms with van der Waals surface area (Å²) >= 11 is 0. The number of fused-ring (bicyclic) bond motifs is 1. The summed E-state index contributed by atoms with van der Waals surface area (Å²) in [4.78, 5) is 0. The minimum Gasteiger partial charge on any atom is -0.486 e. The molecule has 20 heavy (non-hydrogen) atoms. The van der Waals surface area contributed by atoms with E-state index in [1.807, 2.05) is 24.3 Å². The molecule has 3 rings (SSSR count). The second-order valence-corrected chi connectivity index (χ2v) is 5.96. The summed E-state index contributed by atoms with van der Waals surface area (Å²) in [6, 6.07) is 8.37. The van der Waals surface area contributed by atoms with Crippen LogP contribution in [0.5, 0.6) is 11.5 Å². The van der Waals surface area contributed by atoms with Gasteiger partial charge in [-0.15, -0.1) is 0 Å². The molecule has 0 bridgehead atoms. The van der Waals surface area contributed by atoms with Crippen LogP contribution in [0.3, 0.4) is 0 Å². The molecule has 1 aliphatic carbocycles. The van der Waals surface area contributed by atoms with Gasteiger partial charge in [0.15, 0.2) is 11.5 Å². The highest BCUT2D eigenvalue weighted by atomic mass is 16.6. The molecule has 2 aliphatic rings. The number of hydrogen-bond donors (Lipinski definition) is 1. The molecule has 1 N–H and O–H groups in total. The van der Waals surface area contributed by atoms with Gasteiger partial charge in [0.05, 0.1) is 0 Å². The number of nitrogens with one attached hydrogen (secondary N) is 1. The molecule has 1 aromatic carbocycles. The fourth-order valence-corrected chi connectivity index (χ4v) is 3.47. The standard InChI is InChI=1S/C17H25NO2/c1-2-18-14(11-13-7-3-4-8-13)17-12-19-15-9-5-6-10-16(15)20-17/h5-6,9-10,13-14,17-18H,2-4,7-8,11-12H2,1H3. The molecule has 1 aliphatic heterocycles. The summed E-state index contributed by atoms with van der Waals surface area (Å²) in [5, 5.41) is 3.61. The smallest absolute Gasteiger partial charge is 0.161 e. The maximum Gasteiger partial charge on any atom is 0.161 e. The van der Waals surface area contributed by atoms with Gasteiger partial charge in [-0.1, -0.05) is 44.7 Å². The first kappa shape index (κ1) is 13.7. The first-order chi connectivity index (χ1) is 9.86. The van der Waals surface area contributed by atoms with Crippen molar-refractivity contribution in [1.82, 2.24) is 5.32 Å². The Hall–Kier alpha value is -1.22. The molecule has 2 unspecified atom stereocenters. The molecular formula is C17H25NO2. The highest BCUT2D eigenvalue weighted by Crippen LogP contribution is 2.34. The lowest BCUT2D eigenvalue weighted by atomic mass is 9.94. The fourth-order valence-electron chi connectivity index (χ4n) is 3.47. The molecule has 3 nitrogen and oxygen atoms in total. The van der Waals surface area contributed by atoms with Crippen LogP contribution in [-0.2, 0) is 0 Å². The molecule has 110 valence electrons. The molecule has 0 amide bonds. The zero-order chi connectivity index (χ0) is 13.8. The second kappa shape index (κ2) is 6.49. The second-order valence-electron chi connectivity index (χ2n) is 5.96. The number of hydrogen-bond acceptors (Lipinski definition) is 3. The number of likely N-dealkylation sites (N-methyl/N-ethyl adjacent to an activating group) is 1. The van der Waals surface area contributed by atoms with Crippen molar-refractivity contribution >= 4 is 0 Å². The van der Waals surface area contributed by atoms with Gasteiger partial charge in [-0.05, 0) is 31.0 Å². The van der Waals surface area contributed by atoms with E-state index in [4.69, 9.17) is 9.47 Å². The van der Waals surface area contributed by atoms with E-state index >= 15 is 0 Å². The van der Waals surface area contributed by atoms with Crippen molar-refractivity contribution in [3.05, 3.63) is 24.3 Å². The molecule has 0 aromatic heterocycles. The van der Waals surface area contributed by atoms with Crippen LogP contribution in [-0.4, -0.2) is 25.3 Å².